The molecule has 1 aromatic carbocycles. The molecule has 2 heterocycles. The second-order valence-electron chi connectivity index (χ2n) is 8.50. The van der Waals surface area contributed by atoms with Crippen molar-refractivity contribution in [1.82, 2.24) is 4.90 Å². The number of methoxy groups -OCH3 is 1. The number of hydrogen-bond acceptors (Lipinski definition) is 9. The summed E-state index contributed by atoms with van der Waals surface area (Å²) < 4.78 is 22.1. The van der Waals surface area contributed by atoms with Gasteiger partial charge in [-0.25, -0.2) is 4.79 Å². The molecule has 0 spiro atoms. The van der Waals surface area contributed by atoms with Gasteiger partial charge in [0.05, 0.1) is 25.2 Å². The number of aliphatic hydroxyl groups excluding tert-OH is 1. The van der Waals surface area contributed by atoms with Gasteiger partial charge in [-0.1, -0.05) is 5.57 Å². The minimum atomic E-state index is -0.854. The summed E-state index contributed by atoms with van der Waals surface area (Å²) in [6.45, 7) is 3.64. The number of ether oxygens (including phenoxy) is 4. The van der Waals surface area contributed by atoms with E-state index in [0.717, 1.165) is 18.5 Å². The SMILES string of the molecule is COc1cc2c(cc1OC(=O)CC(C)O)C1C(OC2=O)[C@@H](OC(C)=O)C=C2CCN(C)[C@H]21. The van der Waals surface area contributed by atoms with Crippen molar-refractivity contribution in [3.05, 3.63) is 34.9 Å². The van der Waals surface area contributed by atoms with Crippen LogP contribution in [-0.4, -0.2) is 73.0 Å². The number of nitrogens with zero attached hydrogens (tertiary/aromatic N) is 1. The molecule has 0 bridgehead atoms. The highest BCUT2D eigenvalue weighted by Gasteiger charge is 2.52. The topological polar surface area (TPSA) is 112 Å². The van der Waals surface area contributed by atoms with Gasteiger partial charge in [0.15, 0.2) is 23.7 Å². The average molecular weight is 445 g/mol. The number of fused-ring (bicyclic) bond motifs is 5. The highest BCUT2D eigenvalue weighted by atomic mass is 16.6. The van der Waals surface area contributed by atoms with E-state index in [2.05, 4.69) is 4.90 Å². The Morgan fingerprint density at radius 3 is 2.72 bits per heavy atom. The first-order chi connectivity index (χ1) is 15.2. The van der Waals surface area contributed by atoms with Crippen molar-refractivity contribution in [2.45, 2.75) is 57.0 Å². The number of esters is 3. The Balaban J connectivity index is 1.80. The minimum Gasteiger partial charge on any atom is -0.493 e. The lowest BCUT2D eigenvalue weighted by atomic mass is 9.73. The number of rotatable bonds is 5. The van der Waals surface area contributed by atoms with Gasteiger partial charge in [-0.2, -0.15) is 0 Å². The third-order valence-corrected chi connectivity index (χ3v) is 6.15. The smallest absolute Gasteiger partial charge is 0.339 e. The van der Waals surface area contributed by atoms with Gasteiger partial charge in [0.1, 0.15) is 0 Å². The predicted octanol–water partition coefficient (Wildman–Crippen LogP) is 1.57. The second-order valence-corrected chi connectivity index (χ2v) is 8.50. The molecule has 0 saturated carbocycles. The van der Waals surface area contributed by atoms with E-state index in [1.54, 1.807) is 6.07 Å². The van der Waals surface area contributed by atoms with Crippen LogP contribution in [0.4, 0.5) is 0 Å². The number of likely N-dealkylation sites (tertiary alicyclic amines) is 1. The largest absolute Gasteiger partial charge is 0.493 e. The Hall–Kier alpha value is -2.91. The van der Waals surface area contributed by atoms with Crippen LogP contribution in [0.25, 0.3) is 0 Å². The monoisotopic (exact) mass is 445 g/mol. The predicted molar refractivity (Wildman–Crippen MR) is 112 cm³/mol. The van der Waals surface area contributed by atoms with Gasteiger partial charge in [0.25, 0.3) is 0 Å². The second kappa shape index (κ2) is 8.55. The molecule has 1 saturated heterocycles. The van der Waals surface area contributed by atoms with Gasteiger partial charge in [0, 0.05) is 25.4 Å². The van der Waals surface area contributed by atoms with E-state index in [0.29, 0.717) is 11.1 Å². The fourth-order valence-corrected chi connectivity index (χ4v) is 4.89. The van der Waals surface area contributed by atoms with Crippen molar-refractivity contribution in [3.8, 4) is 11.5 Å². The summed E-state index contributed by atoms with van der Waals surface area (Å²) in [6, 6.07) is 3.09. The van der Waals surface area contributed by atoms with Crippen molar-refractivity contribution in [2.75, 3.05) is 20.7 Å². The van der Waals surface area contributed by atoms with Gasteiger partial charge < -0.3 is 24.1 Å². The maximum atomic E-state index is 12.9. The van der Waals surface area contributed by atoms with E-state index in [1.165, 1.54) is 27.0 Å². The number of carbonyl (C=O) groups is 3. The van der Waals surface area contributed by atoms with Crippen LogP contribution in [0.15, 0.2) is 23.8 Å². The molecule has 172 valence electrons. The molecule has 0 amide bonds. The number of hydrogen-bond donors (Lipinski definition) is 1. The van der Waals surface area contributed by atoms with Crippen LogP contribution in [0.1, 0.15) is 48.5 Å². The molecule has 1 aromatic rings. The van der Waals surface area contributed by atoms with E-state index < -0.39 is 36.2 Å². The summed E-state index contributed by atoms with van der Waals surface area (Å²) in [7, 11) is 3.41. The fourth-order valence-electron chi connectivity index (χ4n) is 4.89. The van der Waals surface area contributed by atoms with Gasteiger partial charge in [0.2, 0.25) is 0 Å². The third-order valence-electron chi connectivity index (χ3n) is 6.15. The molecular formula is C23H27NO8. The molecule has 1 fully saturated rings. The molecule has 0 aromatic heterocycles. The Kier molecular flexibility index (Phi) is 5.96. The van der Waals surface area contributed by atoms with Crippen molar-refractivity contribution < 1.29 is 38.4 Å². The first-order valence-corrected chi connectivity index (χ1v) is 10.6. The normalized spacial score (nSPS) is 27.3. The van der Waals surface area contributed by atoms with Crippen molar-refractivity contribution in [1.29, 1.82) is 0 Å². The molecule has 32 heavy (non-hydrogen) atoms. The molecule has 9 heteroatoms. The van der Waals surface area contributed by atoms with E-state index >= 15 is 0 Å². The van der Waals surface area contributed by atoms with Crippen LogP contribution in [0.5, 0.6) is 11.5 Å². The molecule has 3 aliphatic rings. The quantitative estimate of drug-likeness (QED) is 0.410. The molecule has 9 nitrogen and oxygen atoms in total. The summed E-state index contributed by atoms with van der Waals surface area (Å²) in [6.07, 6.45) is 0.271. The first-order valence-electron chi connectivity index (χ1n) is 10.6. The molecule has 1 aliphatic carbocycles. The van der Waals surface area contributed by atoms with E-state index in [4.69, 9.17) is 18.9 Å². The van der Waals surface area contributed by atoms with Gasteiger partial charge in [-0.05, 0) is 44.2 Å². The third kappa shape index (κ3) is 3.98. The zero-order valence-electron chi connectivity index (χ0n) is 18.5. The lowest BCUT2D eigenvalue weighted by Crippen LogP contribution is -2.51. The molecule has 2 aliphatic heterocycles. The van der Waals surface area contributed by atoms with Crippen LogP contribution in [0.2, 0.25) is 0 Å². The van der Waals surface area contributed by atoms with Gasteiger partial charge in [-0.3, -0.25) is 14.5 Å². The van der Waals surface area contributed by atoms with Gasteiger partial charge >= 0.3 is 17.9 Å². The lowest BCUT2D eigenvalue weighted by Gasteiger charge is -2.44. The van der Waals surface area contributed by atoms with Crippen LogP contribution in [-0.2, 0) is 19.1 Å². The van der Waals surface area contributed by atoms with E-state index in [-0.39, 0.29) is 29.9 Å². The Morgan fingerprint density at radius 2 is 2.06 bits per heavy atom. The summed E-state index contributed by atoms with van der Waals surface area (Å²) in [4.78, 5) is 39.0. The Labute approximate surface area is 185 Å². The van der Waals surface area contributed by atoms with Crippen molar-refractivity contribution in [2.24, 2.45) is 0 Å². The maximum Gasteiger partial charge on any atom is 0.339 e. The molecular weight excluding hydrogens is 418 g/mol. The Morgan fingerprint density at radius 1 is 1.31 bits per heavy atom. The zero-order chi connectivity index (χ0) is 23.2. The van der Waals surface area contributed by atoms with Crippen LogP contribution in [0.3, 0.4) is 0 Å². The average Bonchev–Trinajstić information content (AvgIpc) is 3.07. The van der Waals surface area contributed by atoms with Crippen LogP contribution < -0.4 is 9.47 Å². The van der Waals surface area contributed by atoms with Crippen LogP contribution in [0, 0.1) is 0 Å². The fraction of sp³-hybridized carbons (Fsp3) is 0.522. The lowest BCUT2D eigenvalue weighted by molar-refractivity contribution is -0.151. The minimum absolute atomic E-state index is 0.0481. The molecule has 3 unspecified atom stereocenters. The number of carbonyl (C=O) groups excluding carboxylic acids is 3. The van der Waals surface area contributed by atoms with Crippen molar-refractivity contribution in [3.63, 3.8) is 0 Å². The Bertz CT molecular complexity index is 984. The molecule has 5 atom stereocenters. The number of benzene rings is 1. The van der Waals surface area contributed by atoms with Crippen molar-refractivity contribution >= 4 is 17.9 Å². The zero-order valence-corrected chi connectivity index (χ0v) is 18.5. The summed E-state index contributed by atoms with van der Waals surface area (Å²) >= 11 is 0. The maximum absolute atomic E-state index is 12.9. The van der Waals surface area contributed by atoms with Gasteiger partial charge in [-0.15, -0.1) is 0 Å². The number of likely N-dealkylation sites (N-methyl/N-ethyl adjacent to an activating group) is 1. The molecule has 0 radical (unpaired) electrons. The highest BCUT2D eigenvalue weighted by Crippen LogP contribution is 2.48. The first kappa shape index (κ1) is 22.3. The summed E-state index contributed by atoms with van der Waals surface area (Å²) in [5, 5.41) is 9.50. The van der Waals surface area contributed by atoms with Crippen LogP contribution >= 0.6 is 0 Å². The standard InChI is InChI=1S/C23H27NO8/c1-11(25)7-19(27)31-17-9-14-15(10-16(17)29-4)23(28)32-22-18(30-12(2)26)8-13-5-6-24(3)21(13)20(14)22/h8-11,18,20-22,25H,5-7H2,1-4H3/t11?,18-,20?,21+,22?/m0/s1. The van der Waals surface area contributed by atoms with E-state index in [1.807, 2.05) is 13.1 Å². The molecule has 4 rings (SSSR count). The summed E-state index contributed by atoms with van der Waals surface area (Å²) in [5.74, 6) is -1.59. The number of aliphatic hydroxyl groups is 1. The summed E-state index contributed by atoms with van der Waals surface area (Å²) in [5.41, 5.74) is 2.09. The highest BCUT2D eigenvalue weighted by molar-refractivity contribution is 5.94. The molecule has 1 N–H and O–H groups in total. The van der Waals surface area contributed by atoms with E-state index in [9.17, 15) is 19.5 Å².